The fourth-order valence-corrected chi connectivity index (χ4v) is 4.82. The number of likely N-dealkylation sites (tertiary alicyclic amines) is 1. The summed E-state index contributed by atoms with van der Waals surface area (Å²) in [5, 5.41) is 10.2. The molecule has 0 aliphatic carbocycles. The number of aromatic nitrogens is 3. The third-order valence-electron chi connectivity index (χ3n) is 6.54. The van der Waals surface area contributed by atoms with Crippen molar-refractivity contribution >= 4 is 23.1 Å². The Balaban J connectivity index is 1.49. The van der Waals surface area contributed by atoms with Crippen LogP contribution in [0.3, 0.4) is 0 Å². The van der Waals surface area contributed by atoms with Gasteiger partial charge in [-0.05, 0) is 62.7 Å². The van der Waals surface area contributed by atoms with Crippen LogP contribution in [0.25, 0.3) is 11.3 Å². The minimum absolute atomic E-state index is 0.0904. The van der Waals surface area contributed by atoms with Crippen LogP contribution in [-0.4, -0.2) is 51.8 Å². The fraction of sp³-hybridized carbons (Fsp3) is 0.375. The second-order valence-corrected chi connectivity index (χ2v) is 9.03. The lowest BCUT2D eigenvalue weighted by Crippen LogP contribution is -2.45. The highest BCUT2D eigenvalue weighted by Crippen LogP contribution is 2.40. The standard InChI is InChI=1S/C24H24F4N6O/c1-14-8-20-21(10-18(14)19-2-5-30-32-19)34(12-16-9-17(25)11-29-22(16)31-20)23(35)15-3-6-33(7-4-15)13-24(26,27)28/h2,5,8-11,15H,3-4,6-7,12-13H2,1H3,(H,29,31)(H,30,32). The van der Waals surface area contributed by atoms with Crippen molar-refractivity contribution in [2.24, 2.45) is 5.92 Å². The van der Waals surface area contributed by atoms with Crippen molar-refractivity contribution < 1.29 is 22.4 Å². The van der Waals surface area contributed by atoms with E-state index in [0.29, 0.717) is 35.6 Å². The van der Waals surface area contributed by atoms with E-state index in [9.17, 15) is 22.4 Å². The number of anilines is 3. The number of hydrogen-bond acceptors (Lipinski definition) is 5. The van der Waals surface area contributed by atoms with Gasteiger partial charge in [-0.3, -0.25) is 14.8 Å². The van der Waals surface area contributed by atoms with Gasteiger partial charge in [0.05, 0.1) is 36.4 Å². The molecule has 3 aromatic rings. The molecule has 2 aromatic heterocycles. The van der Waals surface area contributed by atoms with Crippen LogP contribution in [0.4, 0.5) is 34.8 Å². The molecule has 0 atom stereocenters. The summed E-state index contributed by atoms with van der Waals surface area (Å²) >= 11 is 0. The summed E-state index contributed by atoms with van der Waals surface area (Å²) in [6.45, 7) is 1.43. The molecule has 1 aromatic carbocycles. The number of alkyl halides is 3. The van der Waals surface area contributed by atoms with Crippen molar-refractivity contribution in [1.29, 1.82) is 0 Å². The molecule has 11 heteroatoms. The van der Waals surface area contributed by atoms with E-state index in [1.54, 1.807) is 11.1 Å². The molecule has 184 valence electrons. The zero-order chi connectivity index (χ0) is 24.7. The average Bonchev–Trinajstić information content (AvgIpc) is 3.28. The number of aryl methyl sites for hydroxylation is 1. The third kappa shape index (κ3) is 4.86. The number of nitrogens with zero attached hydrogens (tertiary/aromatic N) is 4. The number of H-pyrrole nitrogens is 1. The number of benzene rings is 1. The predicted octanol–water partition coefficient (Wildman–Crippen LogP) is 4.78. The molecule has 1 amide bonds. The third-order valence-corrected chi connectivity index (χ3v) is 6.54. The smallest absolute Gasteiger partial charge is 0.338 e. The highest BCUT2D eigenvalue weighted by Gasteiger charge is 2.36. The molecule has 1 fully saturated rings. The topological polar surface area (TPSA) is 77.2 Å². The van der Waals surface area contributed by atoms with Crippen molar-refractivity contribution in [1.82, 2.24) is 20.1 Å². The number of carbonyl (C=O) groups excluding carboxylic acids is 1. The summed E-state index contributed by atoms with van der Waals surface area (Å²) in [7, 11) is 0. The fourth-order valence-electron chi connectivity index (χ4n) is 4.82. The average molecular weight is 488 g/mol. The summed E-state index contributed by atoms with van der Waals surface area (Å²) < 4.78 is 52.4. The maximum Gasteiger partial charge on any atom is 0.401 e. The Bertz CT molecular complexity index is 1240. The summed E-state index contributed by atoms with van der Waals surface area (Å²) in [5.41, 5.74) is 4.33. The van der Waals surface area contributed by atoms with Crippen molar-refractivity contribution in [2.45, 2.75) is 32.5 Å². The van der Waals surface area contributed by atoms with Crippen molar-refractivity contribution in [3.8, 4) is 11.3 Å². The van der Waals surface area contributed by atoms with E-state index in [1.165, 1.54) is 11.0 Å². The van der Waals surface area contributed by atoms with Crippen molar-refractivity contribution in [3.05, 3.63) is 53.6 Å². The normalized spacial score (nSPS) is 16.9. The zero-order valence-electron chi connectivity index (χ0n) is 19.0. The minimum atomic E-state index is -4.27. The van der Waals surface area contributed by atoms with Crippen LogP contribution in [0.15, 0.2) is 36.7 Å². The Morgan fingerprint density at radius 1 is 1.20 bits per heavy atom. The molecule has 7 nitrogen and oxygen atoms in total. The number of piperidine rings is 1. The Hall–Kier alpha value is -3.47. The number of aromatic amines is 1. The molecular weight excluding hydrogens is 464 g/mol. The summed E-state index contributed by atoms with van der Waals surface area (Å²) in [6.07, 6.45) is -0.874. The lowest BCUT2D eigenvalue weighted by atomic mass is 9.94. The molecule has 1 saturated heterocycles. The van der Waals surface area contributed by atoms with E-state index >= 15 is 0 Å². The van der Waals surface area contributed by atoms with Crippen LogP contribution < -0.4 is 10.2 Å². The quantitative estimate of drug-likeness (QED) is 0.519. The monoisotopic (exact) mass is 488 g/mol. The molecule has 4 heterocycles. The molecule has 0 bridgehead atoms. The van der Waals surface area contributed by atoms with Gasteiger partial charge in [-0.15, -0.1) is 0 Å². The maximum atomic E-state index is 14.0. The molecule has 35 heavy (non-hydrogen) atoms. The number of carbonyl (C=O) groups is 1. The largest absolute Gasteiger partial charge is 0.401 e. The first-order chi connectivity index (χ1) is 16.7. The SMILES string of the molecule is Cc1cc2c(cc1-c1ccn[nH]1)N(C(=O)C1CCN(CC(F)(F)F)CC1)Cc1cc(F)cnc1N2. The Morgan fingerprint density at radius 2 is 1.97 bits per heavy atom. The van der Waals surface area contributed by atoms with E-state index in [4.69, 9.17) is 0 Å². The van der Waals surface area contributed by atoms with Crippen LogP contribution in [0.5, 0.6) is 0 Å². The molecule has 5 rings (SSSR count). The summed E-state index contributed by atoms with van der Waals surface area (Å²) in [6, 6.07) is 6.95. The second-order valence-electron chi connectivity index (χ2n) is 9.03. The molecule has 0 spiro atoms. The number of fused-ring (bicyclic) bond motifs is 2. The van der Waals surface area contributed by atoms with Gasteiger partial charge in [-0.2, -0.15) is 18.3 Å². The number of hydrogen-bond donors (Lipinski definition) is 2. The van der Waals surface area contributed by atoms with Gasteiger partial charge in [0, 0.05) is 23.2 Å². The maximum absolute atomic E-state index is 14.0. The molecule has 2 aliphatic heterocycles. The van der Waals surface area contributed by atoms with E-state index in [1.807, 2.05) is 25.1 Å². The van der Waals surface area contributed by atoms with E-state index < -0.39 is 24.5 Å². The van der Waals surface area contributed by atoms with Crippen LogP contribution in [0.1, 0.15) is 24.0 Å². The van der Waals surface area contributed by atoms with Gasteiger partial charge in [0.15, 0.2) is 0 Å². The van der Waals surface area contributed by atoms with E-state index in [2.05, 4.69) is 20.5 Å². The second kappa shape index (κ2) is 8.95. The number of amides is 1. The number of rotatable bonds is 3. The first-order valence-corrected chi connectivity index (χ1v) is 11.3. The highest BCUT2D eigenvalue weighted by atomic mass is 19.4. The molecule has 0 radical (unpaired) electrons. The van der Waals surface area contributed by atoms with E-state index in [0.717, 1.165) is 23.0 Å². The summed E-state index contributed by atoms with van der Waals surface area (Å²) in [5.74, 6) is -0.695. The zero-order valence-corrected chi connectivity index (χ0v) is 19.0. The van der Waals surface area contributed by atoms with Gasteiger partial charge < -0.3 is 10.2 Å². The molecule has 0 saturated carbocycles. The molecular formula is C24H24F4N6O. The minimum Gasteiger partial charge on any atom is -0.338 e. The first kappa shape index (κ1) is 23.3. The van der Waals surface area contributed by atoms with Crippen molar-refractivity contribution in [3.63, 3.8) is 0 Å². The lowest BCUT2D eigenvalue weighted by Gasteiger charge is -2.34. The number of pyridine rings is 1. The molecule has 0 unspecified atom stereocenters. The van der Waals surface area contributed by atoms with Crippen LogP contribution in [0, 0.1) is 18.7 Å². The Labute approximate surface area is 199 Å². The van der Waals surface area contributed by atoms with Gasteiger partial charge in [-0.1, -0.05) is 0 Å². The Morgan fingerprint density at radius 3 is 2.66 bits per heavy atom. The predicted molar refractivity (Wildman–Crippen MR) is 123 cm³/mol. The van der Waals surface area contributed by atoms with Gasteiger partial charge in [0.1, 0.15) is 11.6 Å². The molecule has 2 N–H and O–H groups in total. The van der Waals surface area contributed by atoms with Gasteiger partial charge >= 0.3 is 6.18 Å². The first-order valence-electron chi connectivity index (χ1n) is 11.3. The van der Waals surface area contributed by atoms with Gasteiger partial charge in [-0.25, -0.2) is 9.37 Å². The van der Waals surface area contributed by atoms with Crippen LogP contribution in [0.2, 0.25) is 0 Å². The van der Waals surface area contributed by atoms with Crippen LogP contribution in [-0.2, 0) is 11.3 Å². The summed E-state index contributed by atoms with van der Waals surface area (Å²) in [4.78, 5) is 20.9. The van der Waals surface area contributed by atoms with E-state index in [-0.39, 0.29) is 25.5 Å². The van der Waals surface area contributed by atoms with Gasteiger partial charge in [0.2, 0.25) is 5.91 Å². The lowest BCUT2D eigenvalue weighted by molar-refractivity contribution is -0.149. The Kier molecular flexibility index (Phi) is 5.96. The van der Waals surface area contributed by atoms with Crippen molar-refractivity contribution in [2.75, 3.05) is 29.9 Å². The number of halogens is 4. The van der Waals surface area contributed by atoms with Crippen LogP contribution >= 0.6 is 0 Å². The highest BCUT2D eigenvalue weighted by molar-refractivity contribution is 6.00. The molecule has 2 aliphatic rings. The van der Waals surface area contributed by atoms with Gasteiger partial charge in [0.25, 0.3) is 0 Å². The number of nitrogens with one attached hydrogen (secondary N) is 2.